The summed E-state index contributed by atoms with van der Waals surface area (Å²) < 4.78 is 10.4. The molecule has 0 fully saturated rings. The molecule has 2 aromatic rings. The molecule has 20 heavy (non-hydrogen) atoms. The first kappa shape index (κ1) is 12.7. The van der Waals surface area contributed by atoms with Crippen molar-refractivity contribution in [3.63, 3.8) is 0 Å². The van der Waals surface area contributed by atoms with Crippen LogP contribution in [0.1, 0.15) is 16.1 Å². The molecule has 1 aliphatic rings. The van der Waals surface area contributed by atoms with Crippen LogP contribution >= 0.6 is 11.6 Å². The zero-order chi connectivity index (χ0) is 13.9. The van der Waals surface area contributed by atoms with Crippen LogP contribution in [0.15, 0.2) is 36.5 Å². The van der Waals surface area contributed by atoms with Crippen LogP contribution in [0.25, 0.3) is 0 Å². The summed E-state index contributed by atoms with van der Waals surface area (Å²) in [5.74, 6) is 0.726. The summed E-state index contributed by atoms with van der Waals surface area (Å²) in [6.07, 6.45) is 1.68. The van der Waals surface area contributed by atoms with Gasteiger partial charge in [-0.05, 0) is 24.3 Å². The number of ether oxygens (including phenoxy) is 2. The van der Waals surface area contributed by atoms with Gasteiger partial charge in [0, 0.05) is 11.8 Å². The first-order valence-corrected chi connectivity index (χ1v) is 6.39. The zero-order valence-electron chi connectivity index (χ0n) is 10.4. The molecule has 0 aliphatic carbocycles. The van der Waals surface area contributed by atoms with Gasteiger partial charge in [0.05, 0.1) is 17.3 Å². The third kappa shape index (κ3) is 2.53. The number of carbonyl (C=O) groups excluding carboxylic acids is 1. The first-order valence-electron chi connectivity index (χ1n) is 6.01. The maximum Gasteiger partial charge on any atom is 0.251 e. The van der Waals surface area contributed by atoms with Crippen LogP contribution in [0.5, 0.6) is 11.5 Å². The van der Waals surface area contributed by atoms with Crippen molar-refractivity contribution in [3.05, 3.63) is 52.8 Å². The van der Waals surface area contributed by atoms with Crippen molar-refractivity contribution in [2.45, 2.75) is 6.54 Å². The average Bonchev–Trinajstić information content (AvgIpc) is 2.95. The highest BCUT2D eigenvalue weighted by Gasteiger charge is 2.20. The molecule has 6 heteroatoms. The van der Waals surface area contributed by atoms with Crippen LogP contribution in [-0.4, -0.2) is 17.7 Å². The predicted molar refractivity (Wildman–Crippen MR) is 73.0 cm³/mol. The number of carbonyl (C=O) groups is 1. The molecule has 0 radical (unpaired) electrons. The van der Waals surface area contributed by atoms with Gasteiger partial charge in [-0.25, -0.2) is 0 Å². The monoisotopic (exact) mass is 290 g/mol. The number of aromatic nitrogens is 1. The molecule has 1 aliphatic heterocycles. The minimum absolute atomic E-state index is 0.119. The minimum atomic E-state index is -0.240. The van der Waals surface area contributed by atoms with Crippen molar-refractivity contribution in [2.75, 3.05) is 6.79 Å². The van der Waals surface area contributed by atoms with E-state index < -0.39 is 0 Å². The molecule has 2 heterocycles. The van der Waals surface area contributed by atoms with Crippen molar-refractivity contribution in [1.29, 1.82) is 0 Å². The van der Waals surface area contributed by atoms with Crippen LogP contribution in [0.2, 0.25) is 5.02 Å². The largest absolute Gasteiger partial charge is 0.454 e. The molecule has 102 valence electrons. The van der Waals surface area contributed by atoms with Gasteiger partial charge in [-0.3, -0.25) is 9.78 Å². The van der Waals surface area contributed by atoms with Crippen LogP contribution in [0, 0.1) is 0 Å². The highest BCUT2D eigenvalue weighted by molar-refractivity contribution is 6.32. The van der Waals surface area contributed by atoms with Gasteiger partial charge in [0.25, 0.3) is 5.91 Å². The van der Waals surface area contributed by atoms with E-state index in [2.05, 4.69) is 10.3 Å². The summed E-state index contributed by atoms with van der Waals surface area (Å²) in [5, 5.41) is 3.14. The van der Waals surface area contributed by atoms with E-state index in [1.54, 1.807) is 18.3 Å². The fourth-order valence-electron chi connectivity index (χ4n) is 1.87. The Labute approximate surface area is 120 Å². The van der Waals surface area contributed by atoms with Gasteiger partial charge >= 0.3 is 0 Å². The molecule has 0 spiro atoms. The summed E-state index contributed by atoms with van der Waals surface area (Å²) >= 11 is 6.04. The van der Waals surface area contributed by atoms with Gasteiger partial charge in [0.15, 0.2) is 11.5 Å². The second kappa shape index (κ2) is 5.38. The smallest absolute Gasteiger partial charge is 0.251 e. The second-order valence-corrected chi connectivity index (χ2v) is 4.60. The van der Waals surface area contributed by atoms with E-state index in [4.69, 9.17) is 21.1 Å². The Morgan fingerprint density at radius 1 is 1.35 bits per heavy atom. The Morgan fingerprint density at radius 2 is 2.25 bits per heavy atom. The molecule has 1 amide bonds. The quantitative estimate of drug-likeness (QED) is 0.943. The lowest BCUT2D eigenvalue weighted by Crippen LogP contribution is -2.23. The molecule has 1 N–H and O–H groups in total. The fraction of sp³-hybridized carbons (Fsp3) is 0.143. The van der Waals surface area contributed by atoms with E-state index >= 15 is 0 Å². The normalized spacial score (nSPS) is 12.2. The molecule has 0 saturated heterocycles. The number of nitrogens with zero attached hydrogens (tertiary/aromatic N) is 1. The molecule has 0 atom stereocenters. The fourth-order valence-corrected chi connectivity index (χ4v) is 2.14. The van der Waals surface area contributed by atoms with Crippen LogP contribution in [-0.2, 0) is 6.54 Å². The SMILES string of the molecule is O=C(NCc1ccccn1)c1cc(Cl)c2c(c1)OCO2. The van der Waals surface area contributed by atoms with Crippen molar-refractivity contribution < 1.29 is 14.3 Å². The summed E-state index contributed by atoms with van der Waals surface area (Å²) in [7, 11) is 0. The minimum Gasteiger partial charge on any atom is -0.454 e. The molecular formula is C14H11ClN2O3. The molecule has 1 aromatic carbocycles. The van der Waals surface area contributed by atoms with E-state index in [1.807, 2.05) is 18.2 Å². The topological polar surface area (TPSA) is 60.5 Å². The van der Waals surface area contributed by atoms with Crippen molar-refractivity contribution in [1.82, 2.24) is 10.3 Å². The van der Waals surface area contributed by atoms with Gasteiger partial charge in [-0.15, -0.1) is 0 Å². The average molecular weight is 291 g/mol. The molecule has 0 bridgehead atoms. The van der Waals surface area contributed by atoms with E-state index in [0.717, 1.165) is 5.69 Å². The number of amides is 1. The summed E-state index contributed by atoms with van der Waals surface area (Å²) in [5.41, 5.74) is 1.21. The summed E-state index contributed by atoms with van der Waals surface area (Å²) in [4.78, 5) is 16.2. The number of pyridine rings is 1. The van der Waals surface area contributed by atoms with E-state index in [1.165, 1.54) is 0 Å². The number of benzene rings is 1. The first-order chi connectivity index (χ1) is 9.74. The van der Waals surface area contributed by atoms with Crippen molar-refractivity contribution in [3.8, 4) is 11.5 Å². The van der Waals surface area contributed by atoms with Crippen LogP contribution in [0.4, 0.5) is 0 Å². The Balaban J connectivity index is 1.73. The van der Waals surface area contributed by atoms with E-state index in [9.17, 15) is 4.79 Å². The number of hydrogen-bond donors (Lipinski definition) is 1. The highest BCUT2D eigenvalue weighted by Crippen LogP contribution is 2.39. The molecular weight excluding hydrogens is 280 g/mol. The van der Waals surface area contributed by atoms with Gasteiger partial charge in [0.2, 0.25) is 6.79 Å². The number of fused-ring (bicyclic) bond motifs is 1. The Hall–Kier alpha value is -2.27. The maximum absolute atomic E-state index is 12.1. The lowest BCUT2D eigenvalue weighted by Gasteiger charge is -2.06. The summed E-state index contributed by atoms with van der Waals surface area (Å²) in [6.45, 7) is 0.472. The Morgan fingerprint density at radius 3 is 3.05 bits per heavy atom. The highest BCUT2D eigenvalue weighted by atomic mass is 35.5. The van der Waals surface area contributed by atoms with Crippen LogP contribution in [0.3, 0.4) is 0 Å². The third-order valence-electron chi connectivity index (χ3n) is 2.85. The van der Waals surface area contributed by atoms with Gasteiger partial charge < -0.3 is 14.8 Å². The summed E-state index contributed by atoms with van der Waals surface area (Å²) in [6, 6.07) is 8.70. The molecule has 5 nitrogen and oxygen atoms in total. The van der Waals surface area contributed by atoms with Crippen molar-refractivity contribution in [2.24, 2.45) is 0 Å². The Bertz CT molecular complexity index is 646. The molecule has 0 unspecified atom stereocenters. The Kier molecular flexibility index (Phi) is 3.43. The standard InChI is InChI=1S/C14H11ClN2O3/c15-11-5-9(6-12-13(11)20-8-19-12)14(18)17-7-10-3-1-2-4-16-10/h1-6H,7-8H2,(H,17,18). The number of rotatable bonds is 3. The maximum atomic E-state index is 12.1. The van der Waals surface area contributed by atoms with Gasteiger partial charge in [0.1, 0.15) is 0 Å². The number of halogens is 1. The van der Waals surface area contributed by atoms with Gasteiger partial charge in [-0.1, -0.05) is 17.7 Å². The van der Waals surface area contributed by atoms with Crippen LogP contribution < -0.4 is 14.8 Å². The van der Waals surface area contributed by atoms with Crippen molar-refractivity contribution >= 4 is 17.5 Å². The lowest BCUT2D eigenvalue weighted by atomic mass is 10.2. The molecule has 3 rings (SSSR count). The lowest BCUT2D eigenvalue weighted by molar-refractivity contribution is 0.0950. The zero-order valence-corrected chi connectivity index (χ0v) is 11.2. The van der Waals surface area contributed by atoms with E-state index in [-0.39, 0.29) is 12.7 Å². The number of nitrogens with one attached hydrogen (secondary N) is 1. The molecule has 1 aromatic heterocycles. The number of hydrogen-bond acceptors (Lipinski definition) is 4. The van der Waals surface area contributed by atoms with Gasteiger partial charge in [-0.2, -0.15) is 0 Å². The second-order valence-electron chi connectivity index (χ2n) is 4.20. The predicted octanol–water partition coefficient (Wildman–Crippen LogP) is 2.39. The third-order valence-corrected chi connectivity index (χ3v) is 3.13. The molecule has 0 saturated carbocycles. The van der Waals surface area contributed by atoms with E-state index in [0.29, 0.717) is 28.6 Å².